The molecular weight excluding hydrogens is 266 g/mol. The van der Waals surface area contributed by atoms with Gasteiger partial charge in [-0.2, -0.15) is 0 Å². The fraction of sp³-hybridized carbons (Fsp3) is 0.167. The number of nitrogens with zero attached hydrogens (tertiary/aromatic N) is 2. The van der Waals surface area contributed by atoms with Crippen LogP contribution in [0.25, 0.3) is 11.3 Å². The van der Waals surface area contributed by atoms with Gasteiger partial charge in [-0.3, -0.25) is 4.79 Å². The Morgan fingerprint density at radius 2 is 2.28 bits per heavy atom. The maximum atomic E-state index is 12.0. The van der Waals surface area contributed by atoms with E-state index < -0.39 is 0 Å². The fourth-order valence-electron chi connectivity index (χ4n) is 2.45. The second-order valence-corrected chi connectivity index (χ2v) is 6.26. The summed E-state index contributed by atoms with van der Waals surface area (Å²) in [5, 5.41) is 0. The van der Waals surface area contributed by atoms with E-state index >= 15 is 0 Å². The third kappa shape index (κ3) is 1.27. The minimum Gasteiger partial charge on any atom is -0.399 e. The first-order valence-electron chi connectivity index (χ1n) is 5.53. The Morgan fingerprint density at radius 3 is 3.17 bits per heavy atom. The van der Waals surface area contributed by atoms with E-state index in [9.17, 15) is 4.79 Å². The van der Waals surface area contributed by atoms with Gasteiger partial charge >= 0.3 is 0 Å². The zero-order valence-corrected chi connectivity index (χ0v) is 11.0. The average Bonchev–Trinajstić information content (AvgIpc) is 2.81. The van der Waals surface area contributed by atoms with Crippen LogP contribution in [0.1, 0.15) is 4.88 Å². The predicted molar refractivity (Wildman–Crippen MR) is 73.9 cm³/mol. The van der Waals surface area contributed by atoms with Crippen LogP contribution >= 0.6 is 23.1 Å². The van der Waals surface area contributed by atoms with E-state index in [1.165, 1.54) is 0 Å². The lowest BCUT2D eigenvalue weighted by Gasteiger charge is -2.34. The molecule has 1 aromatic heterocycles. The molecule has 0 aliphatic carbocycles. The maximum absolute atomic E-state index is 12.0. The van der Waals surface area contributed by atoms with Crippen LogP contribution in [0.5, 0.6) is 0 Å². The van der Waals surface area contributed by atoms with Crippen molar-refractivity contribution in [3.05, 3.63) is 22.5 Å². The smallest absolute Gasteiger partial charge is 0.237 e. The summed E-state index contributed by atoms with van der Waals surface area (Å²) in [5.74, 6) is 0.655. The van der Waals surface area contributed by atoms with Crippen molar-refractivity contribution in [3.8, 4) is 11.3 Å². The third-order valence-electron chi connectivity index (χ3n) is 3.22. The summed E-state index contributed by atoms with van der Waals surface area (Å²) in [4.78, 5) is 20.5. The van der Waals surface area contributed by atoms with Crippen LogP contribution in [0.3, 0.4) is 0 Å². The summed E-state index contributed by atoms with van der Waals surface area (Å²) in [6, 6.07) is 3.86. The number of carbonyl (C=O) groups excluding carboxylic acids is 1. The predicted octanol–water partition coefficient (Wildman–Crippen LogP) is 2.34. The van der Waals surface area contributed by atoms with E-state index in [1.807, 2.05) is 22.5 Å². The Morgan fingerprint density at radius 1 is 1.39 bits per heavy atom. The van der Waals surface area contributed by atoms with E-state index in [-0.39, 0.29) is 5.91 Å². The molecular formula is C12H9N3OS2. The molecule has 4 nitrogen and oxygen atoms in total. The number of hydrogen-bond donors (Lipinski definition) is 1. The lowest BCUT2D eigenvalue weighted by molar-refractivity contribution is -0.116. The molecule has 0 bridgehead atoms. The molecule has 0 unspecified atom stereocenters. The van der Waals surface area contributed by atoms with Crippen LogP contribution in [0.15, 0.2) is 22.5 Å². The van der Waals surface area contributed by atoms with Crippen molar-refractivity contribution in [2.24, 2.45) is 0 Å². The number of aromatic nitrogens is 1. The van der Waals surface area contributed by atoms with E-state index in [2.05, 4.69) is 4.98 Å². The van der Waals surface area contributed by atoms with Crippen LogP contribution in [0.2, 0.25) is 0 Å². The molecule has 1 aromatic carbocycles. The lowest BCUT2D eigenvalue weighted by atomic mass is 10.0. The Hall–Kier alpha value is -1.53. The van der Waals surface area contributed by atoms with Gasteiger partial charge in [0.1, 0.15) is 0 Å². The number of nitrogen functional groups attached to an aromatic ring is 1. The van der Waals surface area contributed by atoms with Crippen molar-refractivity contribution in [2.45, 2.75) is 11.4 Å². The van der Waals surface area contributed by atoms with Crippen LogP contribution in [-0.4, -0.2) is 16.6 Å². The van der Waals surface area contributed by atoms with Crippen LogP contribution < -0.4 is 10.6 Å². The number of hydrogen-bond acceptors (Lipinski definition) is 5. The Bertz CT molecular complexity index is 680. The number of nitrogens with two attached hydrogens (primary N) is 1. The molecule has 18 heavy (non-hydrogen) atoms. The molecule has 2 aliphatic heterocycles. The van der Waals surface area contributed by atoms with Crippen molar-refractivity contribution in [1.29, 1.82) is 0 Å². The molecule has 6 heteroatoms. The number of carbonyl (C=O) groups is 1. The van der Waals surface area contributed by atoms with E-state index in [0.717, 1.165) is 32.4 Å². The van der Waals surface area contributed by atoms with E-state index in [1.54, 1.807) is 23.1 Å². The summed E-state index contributed by atoms with van der Waals surface area (Å²) in [6.07, 6.45) is 0. The molecule has 0 radical (unpaired) electrons. The van der Waals surface area contributed by atoms with Gasteiger partial charge in [0.25, 0.3) is 0 Å². The molecule has 1 amide bonds. The highest BCUT2D eigenvalue weighted by atomic mass is 32.2. The second kappa shape index (κ2) is 3.49. The summed E-state index contributed by atoms with van der Waals surface area (Å²) < 4.78 is 0. The molecule has 0 saturated heterocycles. The zero-order valence-electron chi connectivity index (χ0n) is 9.34. The topological polar surface area (TPSA) is 59.2 Å². The molecule has 3 heterocycles. The molecule has 0 saturated carbocycles. The first-order valence-corrected chi connectivity index (χ1v) is 7.40. The van der Waals surface area contributed by atoms with Crippen molar-refractivity contribution < 1.29 is 4.79 Å². The van der Waals surface area contributed by atoms with Gasteiger partial charge < -0.3 is 10.6 Å². The van der Waals surface area contributed by atoms with Gasteiger partial charge in [-0.1, -0.05) is 0 Å². The van der Waals surface area contributed by atoms with Crippen molar-refractivity contribution in [1.82, 2.24) is 4.98 Å². The number of anilines is 2. The highest BCUT2D eigenvalue weighted by molar-refractivity contribution is 8.00. The molecule has 0 atom stereocenters. The zero-order chi connectivity index (χ0) is 12.3. The normalized spacial score (nSPS) is 16.4. The molecule has 90 valence electrons. The molecule has 0 spiro atoms. The maximum Gasteiger partial charge on any atom is 0.237 e. The Kier molecular flexibility index (Phi) is 2.02. The number of thiazole rings is 1. The minimum absolute atomic E-state index is 0.164. The standard InChI is InChI=1S/C12H9N3OS2/c13-6-1-7-11-9(18-5-14-11)3-15-10(16)4-17-8(2-6)12(7)15/h1-2,5H,3-4,13H2. The third-order valence-corrected chi connectivity index (χ3v) is 5.05. The van der Waals surface area contributed by atoms with Crippen LogP contribution in [0, 0.1) is 0 Å². The van der Waals surface area contributed by atoms with E-state index in [0.29, 0.717) is 12.3 Å². The molecule has 2 aliphatic rings. The Balaban J connectivity index is 2.08. The molecule has 4 rings (SSSR count). The van der Waals surface area contributed by atoms with Crippen molar-refractivity contribution >= 4 is 40.4 Å². The van der Waals surface area contributed by atoms with Crippen molar-refractivity contribution in [3.63, 3.8) is 0 Å². The molecule has 0 fully saturated rings. The summed E-state index contributed by atoms with van der Waals surface area (Å²) in [6.45, 7) is 0.642. The Labute approximate surface area is 112 Å². The van der Waals surface area contributed by atoms with Crippen LogP contribution in [0.4, 0.5) is 11.4 Å². The molecule has 2 aromatic rings. The van der Waals surface area contributed by atoms with Gasteiger partial charge in [0.05, 0.1) is 34.1 Å². The minimum atomic E-state index is 0.164. The lowest BCUT2D eigenvalue weighted by Crippen LogP contribution is -2.36. The first-order chi connectivity index (χ1) is 8.74. The summed E-state index contributed by atoms with van der Waals surface area (Å²) in [7, 11) is 0. The van der Waals surface area contributed by atoms with Gasteiger partial charge in [-0.15, -0.1) is 23.1 Å². The highest BCUT2D eigenvalue weighted by Gasteiger charge is 2.33. The van der Waals surface area contributed by atoms with Gasteiger partial charge in [-0.25, -0.2) is 4.98 Å². The first kappa shape index (κ1) is 10.4. The van der Waals surface area contributed by atoms with Gasteiger partial charge in [0.2, 0.25) is 5.91 Å². The van der Waals surface area contributed by atoms with Crippen LogP contribution in [-0.2, 0) is 11.3 Å². The summed E-state index contributed by atoms with van der Waals surface area (Å²) in [5.41, 5.74) is 11.5. The largest absolute Gasteiger partial charge is 0.399 e. The number of fused-ring (bicyclic) bond motifs is 2. The molecule has 2 N–H and O–H groups in total. The summed E-state index contributed by atoms with van der Waals surface area (Å²) >= 11 is 3.15. The average molecular weight is 275 g/mol. The number of amides is 1. The second-order valence-electron chi connectivity index (χ2n) is 4.31. The van der Waals surface area contributed by atoms with Gasteiger partial charge in [0, 0.05) is 16.1 Å². The number of benzene rings is 1. The number of rotatable bonds is 0. The number of thioether (sulfide) groups is 1. The van der Waals surface area contributed by atoms with Gasteiger partial charge in [0.15, 0.2) is 0 Å². The van der Waals surface area contributed by atoms with Gasteiger partial charge in [-0.05, 0) is 12.1 Å². The monoisotopic (exact) mass is 275 g/mol. The SMILES string of the molecule is Nc1cc2c3c(c1)-c1ncsc1CN3C(=O)CS2. The quantitative estimate of drug-likeness (QED) is 0.750. The highest BCUT2D eigenvalue weighted by Crippen LogP contribution is 2.48. The van der Waals surface area contributed by atoms with E-state index in [4.69, 9.17) is 5.73 Å². The van der Waals surface area contributed by atoms with Crippen molar-refractivity contribution in [2.75, 3.05) is 16.4 Å². The fourth-order valence-corrected chi connectivity index (χ4v) is 4.23.